The topological polar surface area (TPSA) is 63.7 Å². The molecule has 1 saturated heterocycles. The van der Waals surface area contributed by atoms with Crippen LogP contribution >= 0.6 is 0 Å². The fraction of sp³-hybridized carbons (Fsp3) is 0.650. The summed E-state index contributed by atoms with van der Waals surface area (Å²) in [6.45, 7) is 8.90. The van der Waals surface area contributed by atoms with Crippen LogP contribution in [0.4, 0.5) is 0 Å². The third kappa shape index (κ3) is 5.47. The summed E-state index contributed by atoms with van der Waals surface area (Å²) in [5.74, 6) is 0.814. The largest absolute Gasteiger partial charge is 0.483 e. The van der Waals surface area contributed by atoms with Crippen molar-refractivity contribution in [3.8, 4) is 5.75 Å². The molecule has 1 aliphatic rings. The molecule has 0 bridgehead atoms. The first-order valence-electron chi connectivity index (χ1n) is 9.36. The van der Waals surface area contributed by atoms with E-state index < -0.39 is 9.84 Å². The Morgan fingerprint density at radius 1 is 1.27 bits per heavy atom. The van der Waals surface area contributed by atoms with Crippen LogP contribution in [0.25, 0.3) is 0 Å². The predicted molar refractivity (Wildman–Crippen MR) is 104 cm³/mol. The highest BCUT2D eigenvalue weighted by Gasteiger charge is 2.34. The van der Waals surface area contributed by atoms with Crippen molar-refractivity contribution >= 4 is 15.7 Å². The molecule has 5 nitrogen and oxygen atoms in total. The Hall–Kier alpha value is -1.56. The number of hydrogen-bond donors (Lipinski definition) is 0. The maximum Gasteiger partial charge on any atom is 0.260 e. The van der Waals surface area contributed by atoms with Gasteiger partial charge >= 0.3 is 0 Å². The Kier molecular flexibility index (Phi) is 6.72. The maximum atomic E-state index is 12.8. The Morgan fingerprint density at radius 3 is 2.54 bits per heavy atom. The number of benzene rings is 1. The molecule has 0 aromatic heterocycles. The molecular formula is C20H31NO4S. The van der Waals surface area contributed by atoms with Crippen molar-refractivity contribution in [2.45, 2.75) is 58.4 Å². The first-order chi connectivity index (χ1) is 12.1. The molecule has 1 amide bonds. The summed E-state index contributed by atoms with van der Waals surface area (Å²) in [6.07, 6.45) is 2.34. The maximum absolute atomic E-state index is 12.8. The minimum Gasteiger partial charge on any atom is -0.483 e. The Labute approximate surface area is 157 Å². The molecule has 1 fully saturated rings. The predicted octanol–water partition coefficient (Wildman–Crippen LogP) is 3.18. The van der Waals surface area contributed by atoms with E-state index in [1.165, 1.54) is 0 Å². The van der Waals surface area contributed by atoms with E-state index in [2.05, 4.69) is 27.7 Å². The van der Waals surface area contributed by atoms with Crippen molar-refractivity contribution < 1.29 is 17.9 Å². The van der Waals surface area contributed by atoms with Gasteiger partial charge < -0.3 is 9.64 Å². The van der Waals surface area contributed by atoms with Gasteiger partial charge in [0.1, 0.15) is 5.75 Å². The van der Waals surface area contributed by atoms with Crippen LogP contribution in [0.1, 0.15) is 52.5 Å². The number of sulfone groups is 1. The summed E-state index contributed by atoms with van der Waals surface area (Å²) in [7, 11) is -3.03. The lowest BCUT2D eigenvalue weighted by molar-refractivity contribution is -0.135. The smallest absolute Gasteiger partial charge is 0.260 e. The van der Waals surface area contributed by atoms with Crippen molar-refractivity contribution in [2.75, 3.05) is 24.7 Å². The highest BCUT2D eigenvalue weighted by Crippen LogP contribution is 2.31. The molecular weight excluding hydrogens is 350 g/mol. The summed E-state index contributed by atoms with van der Waals surface area (Å²) in [5, 5.41) is 0. The number of carbonyl (C=O) groups excluding carboxylic acids is 1. The van der Waals surface area contributed by atoms with Gasteiger partial charge in [-0.1, -0.05) is 52.3 Å². The molecule has 146 valence electrons. The van der Waals surface area contributed by atoms with E-state index >= 15 is 0 Å². The van der Waals surface area contributed by atoms with Crippen LogP contribution in [0.5, 0.6) is 5.75 Å². The van der Waals surface area contributed by atoms with E-state index in [0.717, 1.165) is 18.4 Å². The molecule has 1 unspecified atom stereocenters. The van der Waals surface area contributed by atoms with Crippen LogP contribution in [0.15, 0.2) is 24.3 Å². The first kappa shape index (κ1) is 20.7. The molecule has 1 atom stereocenters. The van der Waals surface area contributed by atoms with Crippen LogP contribution in [-0.2, 0) is 20.0 Å². The average molecular weight is 382 g/mol. The van der Waals surface area contributed by atoms with E-state index in [1.54, 1.807) is 4.90 Å². The molecule has 1 aliphatic heterocycles. The van der Waals surface area contributed by atoms with Crippen molar-refractivity contribution in [3.05, 3.63) is 29.8 Å². The van der Waals surface area contributed by atoms with Gasteiger partial charge in [0.05, 0.1) is 11.5 Å². The molecule has 0 N–H and O–H groups in total. The fourth-order valence-corrected chi connectivity index (χ4v) is 5.03. The molecule has 26 heavy (non-hydrogen) atoms. The van der Waals surface area contributed by atoms with Crippen LogP contribution in [0.2, 0.25) is 0 Å². The summed E-state index contributed by atoms with van der Waals surface area (Å²) >= 11 is 0. The van der Waals surface area contributed by atoms with Gasteiger partial charge in [-0.05, 0) is 29.9 Å². The summed E-state index contributed by atoms with van der Waals surface area (Å²) in [4.78, 5) is 14.5. The van der Waals surface area contributed by atoms with Gasteiger partial charge in [-0.2, -0.15) is 0 Å². The second kappa shape index (κ2) is 8.42. The average Bonchev–Trinajstić information content (AvgIpc) is 2.92. The monoisotopic (exact) mass is 381 g/mol. The lowest BCUT2D eigenvalue weighted by Crippen LogP contribution is -2.44. The number of amides is 1. The third-order valence-electron chi connectivity index (χ3n) is 4.77. The molecule has 0 radical (unpaired) electrons. The Morgan fingerprint density at radius 2 is 1.96 bits per heavy atom. The zero-order valence-corrected chi connectivity index (χ0v) is 17.1. The quantitative estimate of drug-likeness (QED) is 0.728. The number of nitrogens with zero attached hydrogens (tertiary/aromatic N) is 1. The molecule has 0 saturated carbocycles. The fourth-order valence-electron chi connectivity index (χ4n) is 3.30. The van der Waals surface area contributed by atoms with Crippen LogP contribution < -0.4 is 4.74 Å². The molecule has 1 aromatic carbocycles. The summed E-state index contributed by atoms with van der Waals surface area (Å²) in [6, 6.07) is 7.53. The van der Waals surface area contributed by atoms with Gasteiger partial charge in [-0.3, -0.25) is 4.79 Å². The van der Waals surface area contributed by atoms with Gasteiger partial charge in [0.15, 0.2) is 16.4 Å². The lowest BCUT2D eigenvalue weighted by Gasteiger charge is -2.29. The Bertz CT molecular complexity index is 722. The summed E-state index contributed by atoms with van der Waals surface area (Å²) < 4.78 is 29.5. The van der Waals surface area contributed by atoms with Crippen LogP contribution in [0, 0.1) is 0 Å². The number of rotatable bonds is 7. The van der Waals surface area contributed by atoms with Gasteiger partial charge in [-0.25, -0.2) is 8.42 Å². The standard InChI is InChI=1S/C20H31NO4S/c1-5-6-12-21(16-11-13-26(23,24)15-16)19(22)14-25-18-10-8-7-9-17(18)20(2,3)4/h7-10,16H,5-6,11-15H2,1-4H3. The van der Waals surface area contributed by atoms with Crippen molar-refractivity contribution in [1.82, 2.24) is 4.90 Å². The van der Waals surface area contributed by atoms with Crippen LogP contribution in [-0.4, -0.2) is 49.9 Å². The number of hydrogen-bond acceptors (Lipinski definition) is 4. The highest BCUT2D eigenvalue weighted by atomic mass is 32.2. The molecule has 6 heteroatoms. The van der Waals surface area contributed by atoms with E-state index in [9.17, 15) is 13.2 Å². The second-order valence-corrected chi connectivity index (χ2v) is 10.3. The molecule has 2 rings (SSSR count). The van der Waals surface area contributed by atoms with Crippen LogP contribution in [0.3, 0.4) is 0 Å². The number of carbonyl (C=O) groups is 1. The second-order valence-electron chi connectivity index (χ2n) is 8.03. The third-order valence-corrected chi connectivity index (χ3v) is 6.52. The molecule has 0 aliphatic carbocycles. The first-order valence-corrected chi connectivity index (χ1v) is 11.2. The minimum atomic E-state index is -3.03. The van der Waals surface area contributed by atoms with E-state index in [4.69, 9.17) is 4.74 Å². The van der Waals surface area contributed by atoms with Gasteiger partial charge in [0.25, 0.3) is 5.91 Å². The number of unbranched alkanes of at least 4 members (excludes halogenated alkanes) is 1. The summed E-state index contributed by atoms with van der Waals surface area (Å²) in [5.41, 5.74) is 0.970. The molecule has 1 heterocycles. The van der Waals surface area contributed by atoms with E-state index in [0.29, 0.717) is 18.7 Å². The zero-order valence-electron chi connectivity index (χ0n) is 16.3. The van der Waals surface area contributed by atoms with Gasteiger partial charge in [0.2, 0.25) is 0 Å². The minimum absolute atomic E-state index is 0.0621. The molecule has 1 aromatic rings. The van der Waals surface area contributed by atoms with Gasteiger partial charge in [-0.15, -0.1) is 0 Å². The van der Waals surface area contributed by atoms with Crippen molar-refractivity contribution in [3.63, 3.8) is 0 Å². The number of ether oxygens (including phenoxy) is 1. The van der Waals surface area contributed by atoms with Gasteiger partial charge in [0, 0.05) is 12.6 Å². The van der Waals surface area contributed by atoms with Crippen molar-refractivity contribution in [1.29, 1.82) is 0 Å². The lowest BCUT2D eigenvalue weighted by atomic mass is 9.86. The SMILES string of the molecule is CCCCN(C(=O)COc1ccccc1C(C)(C)C)C1CCS(=O)(=O)C1. The number of para-hydroxylation sites is 1. The van der Waals surface area contributed by atoms with E-state index in [-0.39, 0.29) is 35.5 Å². The normalized spacial score (nSPS) is 19.3. The highest BCUT2D eigenvalue weighted by molar-refractivity contribution is 7.91. The van der Waals surface area contributed by atoms with Crippen molar-refractivity contribution in [2.24, 2.45) is 0 Å². The Balaban J connectivity index is 2.08. The zero-order chi connectivity index (χ0) is 19.4. The molecule has 0 spiro atoms. The van der Waals surface area contributed by atoms with E-state index in [1.807, 2.05) is 24.3 Å².